The van der Waals surface area contributed by atoms with E-state index in [-0.39, 0.29) is 22.7 Å². The Labute approximate surface area is 161 Å². The van der Waals surface area contributed by atoms with Gasteiger partial charge in [-0.3, -0.25) is 4.57 Å². The van der Waals surface area contributed by atoms with E-state index >= 15 is 0 Å². The number of halogens is 2. The average Bonchev–Trinajstić information content (AvgIpc) is 2.93. The Balaban J connectivity index is 1.79. The lowest BCUT2D eigenvalue weighted by Gasteiger charge is -2.12. The van der Waals surface area contributed by atoms with Gasteiger partial charge >= 0.3 is 5.97 Å². The topological polar surface area (TPSA) is 60.3 Å². The van der Waals surface area contributed by atoms with Crippen LogP contribution in [0, 0.1) is 0 Å². The molecule has 26 heavy (non-hydrogen) atoms. The summed E-state index contributed by atoms with van der Waals surface area (Å²) in [6.45, 7) is -0.0800. The summed E-state index contributed by atoms with van der Waals surface area (Å²) in [6, 6.07) is 12.7. The fraction of sp³-hybridized carbons (Fsp3) is 0.167. The third kappa shape index (κ3) is 3.81. The lowest BCUT2D eigenvalue weighted by atomic mass is 10.3. The van der Waals surface area contributed by atoms with Crippen molar-refractivity contribution in [3.63, 3.8) is 0 Å². The molecule has 0 aliphatic heterocycles. The Bertz CT molecular complexity index is 909. The van der Waals surface area contributed by atoms with E-state index < -0.39 is 5.97 Å². The van der Waals surface area contributed by atoms with E-state index in [0.717, 1.165) is 11.4 Å². The van der Waals surface area contributed by atoms with Crippen LogP contribution in [0.25, 0.3) is 5.69 Å². The van der Waals surface area contributed by atoms with Crippen molar-refractivity contribution in [2.75, 3.05) is 19.0 Å². The first-order valence-corrected chi connectivity index (χ1v) is 8.51. The summed E-state index contributed by atoms with van der Waals surface area (Å²) < 4.78 is 6.99. The van der Waals surface area contributed by atoms with E-state index in [4.69, 9.17) is 27.9 Å². The third-order valence-corrected chi connectivity index (χ3v) is 4.27. The van der Waals surface area contributed by atoms with Crippen molar-refractivity contribution in [1.29, 1.82) is 0 Å². The first-order valence-electron chi connectivity index (χ1n) is 7.76. The highest BCUT2D eigenvalue weighted by Gasteiger charge is 2.18. The number of para-hydroxylation sites is 1. The summed E-state index contributed by atoms with van der Waals surface area (Å²) in [5.41, 5.74) is 2.36. The molecule has 3 rings (SSSR count). The van der Waals surface area contributed by atoms with Crippen LogP contribution in [0.3, 0.4) is 0 Å². The third-order valence-electron chi connectivity index (χ3n) is 3.71. The number of aromatic nitrogens is 3. The molecule has 0 bridgehead atoms. The maximum Gasteiger partial charge on any atom is 0.357 e. The highest BCUT2D eigenvalue weighted by atomic mass is 35.5. The Hall–Kier alpha value is -2.57. The van der Waals surface area contributed by atoms with Crippen LogP contribution in [0.5, 0.6) is 0 Å². The van der Waals surface area contributed by atoms with E-state index in [9.17, 15) is 4.79 Å². The number of nitrogens with zero attached hydrogens (tertiary/aromatic N) is 4. The zero-order chi connectivity index (χ0) is 18.7. The Morgan fingerprint density at radius 3 is 2.50 bits per heavy atom. The molecular weight excluding hydrogens is 375 g/mol. The quantitative estimate of drug-likeness (QED) is 0.616. The largest absolute Gasteiger partial charge is 0.454 e. The molecule has 0 radical (unpaired) electrons. The summed E-state index contributed by atoms with van der Waals surface area (Å²) in [4.78, 5) is 22.3. The van der Waals surface area contributed by atoms with Gasteiger partial charge in [0.15, 0.2) is 5.15 Å². The number of esters is 1. The molecular formula is C18H16Cl2N4O2. The number of hydrogen-bond donors (Lipinski definition) is 0. The molecule has 8 heteroatoms. The van der Waals surface area contributed by atoms with E-state index in [2.05, 4.69) is 9.97 Å². The number of hydrogen-bond acceptors (Lipinski definition) is 5. The highest BCUT2D eigenvalue weighted by Crippen LogP contribution is 2.26. The summed E-state index contributed by atoms with van der Waals surface area (Å²) >= 11 is 12.3. The van der Waals surface area contributed by atoms with Crippen LogP contribution in [-0.4, -0.2) is 34.6 Å². The van der Waals surface area contributed by atoms with Crippen molar-refractivity contribution in [2.24, 2.45) is 0 Å². The lowest BCUT2D eigenvalue weighted by molar-refractivity contribution is 0.0459. The van der Waals surface area contributed by atoms with Crippen molar-refractivity contribution in [2.45, 2.75) is 6.61 Å². The van der Waals surface area contributed by atoms with E-state index in [1.165, 1.54) is 0 Å². The van der Waals surface area contributed by atoms with Crippen molar-refractivity contribution in [3.8, 4) is 5.69 Å². The number of anilines is 1. The minimum absolute atomic E-state index is 0.0800. The highest BCUT2D eigenvalue weighted by molar-refractivity contribution is 6.33. The molecule has 0 aliphatic carbocycles. The second kappa shape index (κ2) is 7.76. The predicted molar refractivity (Wildman–Crippen MR) is 101 cm³/mol. The number of rotatable bonds is 5. The molecule has 2 heterocycles. The van der Waals surface area contributed by atoms with Crippen LogP contribution in [0.2, 0.25) is 10.4 Å². The Morgan fingerprint density at radius 2 is 1.88 bits per heavy atom. The van der Waals surface area contributed by atoms with Gasteiger partial charge in [-0.15, -0.1) is 0 Å². The van der Waals surface area contributed by atoms with Gasteiger partial charge in [-0.25, -0.2) is 14.8 Å². The van der Waals surface area contributed by atoms with Crippen molar-refractivity contribution in [3.05, 3.63) is 70.5 Å². The van der Waals surface area contributed by atoms with E-state index in [1.54, 1.807) is 22.9 Å². The average molecular weight is 391 g/mol. The molecule has 0 unspecified atom stereocenters. The first-order chi connectivity index (χ1) is 12.5. The molecule has 1 aromatic carbocycles. The second-order valence-electron chi connectivity index (χ2n) is 5.66. The number of imidazole rings is 1. The van der Waals surface area contributed by atoms with Crippen molar-refractivity contribution >= 4 is 34.9 Å². The molecule has 0 fully saturated rings. The van der Waals surface area contributed by atoms with Gasteiger partial charge in [-0.2, -0.15) is 0 Å². The van der Waals surface area contributed by atoms with Gasteiger partial charge in [0, 0.05) is 19.8 Å². The van der Waals surface area contributed by atoms with Crippen LogP contribution in [0.4, 0.5) is 5.69 Å². The number of benzene rings is 1. The van der Waals surface area contributed by atoms with Gasteiger partial charge in [0.05, 0.1) is 11.9 Å². The van der Waals surface area contributed by atoms with Gasteiger partial charge in [-0.05, 0) is 35.9 Å². The van der Waals surface area contributed by atoms with Crippen LogP contribution in [0.1, 0.15) is 16.2 Å². The molecule has 6 nitrogen and oxygen atoms in total. The Morgan fingerprint density at radius 1 is 1.15 bits per heavy atom. The fourth-order valence-electron chi connectivity index (χ4n) is 2.34. The molecule has 0 atom stereocenters. The van der Waals surface area contributed by atoms with Crippen LogP contribution in [0.15, 0.2) is 48.7 Å². The molecule has 0 amide bonds. The summed E-state index contributed by atoms with van der Waals surface area (Å²) in [5, 5.41) is 0.378. The van der Waals surface area contributed by atoms with Gasteiger partial charge in [0.2, 0.25) is 5.28 Å². The maximum atomic E-state index is 12.3. The summed E-state index contributed by atoms with van der Waals surface area (Å²) in [6.07, 6.45) is 1.61. The summed E-state index contributed by atoms with van der Waals surface area (Å²) in [7, 11) is 3.79. The van der Waals surface area contributed by atoms with E-state index in [1.807, 2.05) is 49.3 Å². The van der Waals surface area contributed by atoms with Gasteiger partial charge < -0.3 is 9.64 Å². The van der Waals surface area contributed by atoms with Crippen molar-refractivity contribution < 1.29 is 9.53 Å². The predicted octanol–water partition coefficient (Wildman–Crippen LogP) is 4.00. The van der Waals surface area contributed by atoms with Crippen LogP contribution < -0.4 is 4.90 Å². The van der Waals surface area contributed by atoms with E-state index in [0.29, 0.717) is 5.69 Å². The van der Waals surface area contributed by atoms with Crippen LogP contribution in [-0.2, 0) is 11.3 Å². The fourth-order valence-corrected chi connectivity index (χ4v) is 2.89. The SMILES string of the molecule is CN(C)c1ccc(C(=O)OCc2c(Cl)nc(Cl)n2-c2ccccc2)nc1. The summed E-state index contributed by atoms with van der Waals surface area (Å²) in [5.74, 6) is -0.552. The van der Waals surface area contributed by atoms with Crippen LogP contribution >= 0.6 is 23.2 Å². The molecule has 0 spiro atoms. The van der Waals surface area contributed by atoms with Gasteiger partial charge in [0.1, 0.15) is 18.0 Å². The maximum absolute atomic E-state index is 12.3. The minimum atomic E-state index is -0.552. The molecule has 2 aromatic heterocycles. The van der Waals surface area contributed by atoms with Crippen molar-refractivity contribution in [1.82, 2.24) is 14.5 Å². The number of pyridine rings is 1. The second-order valence-corrected chi connectivity index (χ2v) is 6.36. The monoisotopic (exact) mass is 390 g/mol. The molecule has 3 aromatic rings. The molecule has 134 valence electrons. The standard InChI is InChI=1S/C18H16Cl2N4O2/c1-23(2)13-8-9-14(21-10-13)17(25)26-11-15-16(19)22-18(20)24(15)12-6-4-3-5-7-12/h3-10H,11H2,1-2H3. The lowest BCUT2D eigenvalue weighted by Crippen LogP contribution is -2.12. The number of carbonyl (C=O) groups is 1. The Kier molecular flexibility index (Phi) is 5.44. The zero-order valence-electron chi connectivity index (χ0n) is 14.2. The number of ether oxygens (including phenoxy) is 1. The van der Waals surface area contributed by atoms with Gasteiger partial charge in [0.25, 0.3) is 0 Å². The smallest absolute Gasteiger partial charge is 0.357 e. The first kappa shape index (κ1) is 18.2. The molecule has 0 N–H and O–H groups in total. The molecule has 0 aliphatic rings. The minimum Gasteiger partial charge on any atom is -0.454 e. The number of carbonyl (C=O) groups excluding carboxylic acids is 1. The molecule has 0 saturated heterocycles. The van der Waals surface area contributed by atoms with Gasteiger partial charge in [-0.1, -0.05) is 29.8 Å². The normalized spacial score (nSPS) is 10.6. The zero-order valence-corrected chi connectivity index (χ0v) is 15.7. The molecule has 0 saturated carbocycles.